The minimum absolute atomic E-state index is 0.00692. The molecule has 2 amide bonds. The zero-order valence-electron chi connectivity index (χ0n) is 20.5. The van der Waals surface area contributed by atoms with Crippen LogP contribution in [-0.2, 0) is 28.0 Å². The molecule has 0 aliphatic rings. The summed E-state index contributed by atoms with van der Waals surface area (Å²) in [6.45, 7) is 0. The smallest absolute Gasteiger partial charge is 0.316 e. The van der Waals surface area contributed by atoms with Gasteiger partial charge in [-0.05, 0) is 36.4 Å². The topological polar surface area (TPSA) is 172 Å². The van der Waals surface area contributed by atoms with Crippen LogP contribution in [0.25, 0.3) is 21.8 Å². The standard InChI is InChI=1S/C11H6ClF3N2O3S.C11H7F3N2O.ClHO3S/c12-21(19,20)8-4-3-7(17-10(18)11(13,14)15)9-6(8)2-1-5-16-9;12-11(13,14)10(17)16-8-5-1-3-7-4-2-6-15-9(7)8;1-5(2,3)4/h1-5H,(H,17,18);1-6H,(H,16,17);(H,2,3,4). The predicted octanol–water partition coefficient (Wildman–Crippen LogP) is 5.43. The molecule has 0 aliphatic heterocycles. The van der Waals surface area contributed by atoms with Crippen molar-refractivity contribution in [3.05, 3.63) is 67.0 Å². The summed E-state index contributed by atoms with van der Waals surface area (Å²) in [5.41, 5.74) is -0.00755. The number of carbonyl (C=O) groups is 2. The number of rotatable bonds is 3. The molecular weight excluding hydrogens is 681 g/mol. The molecule has 2 aromatic heterocycles. The number of aromatic nitrogens is 2. The zero-order valence-corrected chi connectivity index (χ0v) is 23.6. The van der Waals surface area contributed by atoms with Crippen LogP contribution >= 0.6 is 21.4 Å². The summed E-state index contributed by atoms with van der Waals surface area (Å²) in [4.78, 5) is 29.2. The van der Waals surface area contributed by atoms with Crippen LogP contribution in [0.3, 0.4) is 0 Å². The van der Waals surface area contributed by atoms with Gasteiger partial charge in [0.1, 0.15) is 0 Å². The lowest BCUT2D eigenvalue weighted by Gasteiger charge is -2.11. The number of nitrogens with one attached hydrogen (secondary N) is 2. The molecule has 43 heavy (non-hydrogen) atoms. The van der Waals surface area contributed by atoms with Gasteiger partial charge < -0.3 is 10.6 Å². The Balaban J connectivity index is 0.000000264. The Kier molecular flexibility index (Phi) is 11.3. The van der Waals surface area contributed by atoms with Gasteiger partial charge in [-0.15, -0.1) is 0 Å². The van der Waals surface area contributed by atoms with Crippen molar-refractivity contribution < 1.29 is 57.3 Å². The maximum Gasteiger partial charge on any atom is 0.471 e. The molecule has 0 saturated heterocycles. The number of nitrogens with zero attached hydrogens (tertiary/aromatic N) is 2. The Hall–Kier alpha value is -3.78. The van der Waals surface area contributed by atoms with Crippen molar-refractivity contribution in [3.63, 3.8) is 0 Å². The van der Waals surface area contributed by atoms with Crippen LogP contribution in [0, 0.1) is 0 Å². The SMILES string of the molecule is O=C(Nc1ccc(S(=O)(=O)Cl)c2cccnc12)C(F)(F)F.O=C(Nc1cccc2cccnc12)C(F)(F)F.O=S(=O)(O)Cl. The van der Waals surface area contributed by atoms with E-state index in [4.69, 9.17) is 23.7 Å². The first-order valence-electron chi connectivity index (χ1n) is 10.7. The Bertz CT molecular complexity index is 1860. The van der Waals surface area contributed by atoms with Gasteiger partial charge in [-0.25, -0.2) is 8.42 Å². The number of halogens is 8. The van der Waals surface area contributed by atoms with Crippen molar-refractivity contribution in [1.29, 1.82) is 0 Å². The van der Waals surface area contributed by atoms with Gasteiger partial charge in [-0.2, -0.15) is 34.8 Å². The predicted molar refractivity (Wildman–Crippen MR) is 143 cm³/mol. The van der Waals surface area contributed by atoms with E-state index in [1.54, 1.807) is 34.9 Å². The third-order valence-corrected chi connectivity index (χ3v) is 6.02. The van der Waals surface area contributed by atoms with E-state index in [1.165, 1.54) is 30.6 Å². The quantitative estimate of drug-likeness (QED) is 0.144. The molecular formula is C22H14Cl2F6N4O7S2. The fourth-order valence-corrected chi connectivity index (χ4v) is 4.11. The lowest BCUT2D eigenvalue weighted by Crippen LogP contribution is -2.30. The number of hydrogen-bond donors (Lipinski definition) is 3. The van der Waals surface area contributed by atoms with E-state index in [9.17, 15) is 44.3 Å². The number of anilines is 2. The second-order valence-electron chi connectivity index (χ2n) is 7.65. The molecule has 0 spiro atoms. The monoisotopic (exact) mass is 694 g/mol. The van der Waals surface area contributed by atoms with Crippen LogP contribution in [0.5, 0.6) is 0 Å². The molecule has 0 aliphatic carbocycles. The van der Waals surface area contributed by atoms with E-state index < -0.39 is 42.5 Å². The number of amides is 2. The van der Waals surface area contributed by atoms with Crippen LogP contribution in [0.4, 0.5) is 37.7 Å². The average molecular weight is 695 g/mol. The second kappa shape index (κ2) is 13.7. The Morgan fingerprint density at radius 2 is 1.14 bits per heavy atom. The fourth-order valence-electron chi connectivity index (χ4n) is 3.05. The van der Waals surface area contributed by atoms with Gasteiger partial charge in [0.15, 0.2) is 0 Å². The number of hydrogen-bond acceptors (Lipinski definition) is 8. The minimum atomic E-state index is -5.07. The number of pyridine rings is 2. The molecule has 3 N–H and O–H groups in total. The van der Waals surface area contributed by atoms with Gasteiger partial charge >= 0.3 is 33.5 Å². The molecule has 0 saturated carbocycles. The number of benzene rings is 2. The van der Waals surface area contributed by atoms with Crippen LogP contribution in [0.1, 0.15) is 0 Å². The maximum absolute atomic E-state index is 12.3. The van der Waals surface area contributed by atoms with Crippen molar-refractivity contribution in [2.75, 3.05) is 10.6 Å². The maximum atomic E-state index is 12.3. The first-order valence-corrected chi connectivity index (χ1v) is 15.3. The summed E-state index contributed by atoms with van der Waals surface area (Å²) in [5.74, 6) is -4.19. The molecule has 232 valence electrons. The van der Waals surface area contributed by atoms with E-state index in [2.05, 4.69) is 20.7 Å². The lowest BCUT2D eigenvalue weighted by molar-refractivity contribution is -0.167. The third kappa shape index (κ3) is 11.1. The van der Waals surface area contributed by atoms with Gasteiger partial charge in [-0.3, -0.25) is 24.1 Å². The van der Waals surface area contributed by atoms with Crippen LogP contribution in [-0.4, -0.2) is 55.5 Å². The van der Waals surface area contributed by atoms with Gasteiger partial charge in [0, 0.05) is 44.5 Å². The molecule has 0 bridgehead atoms. The van der Waals surface area contributed by atoms with Gasteiger partial charge in [0.25, 0.3) is 9.05 Å². The molecule has 21 heteroatoms. The largest absolute Gasteiger partial charge is 0.471 e. The second-order valence-corrected chi connectivity index (χ2v) is 12.2. The molecule has 11 nitrogen and oxygen atoms in total. The molecule has 0 unspecified atom stereocenters. The summed E-state index contributed by atoms with van der Waals surface area (Å²) >= 11 is 0. The molecule has 2 heterocycles. The van der Waals surface area contributed by atoms with E-state index >= 15 is 0 Å². The summed E-state index contributed by atoms with van der Waals surface area (Å²) < 4.78 is 121. The van der Waals surface area contributed by atoms with E-state index in [1.807, 2.05) is 0 Å². The van der Waals surface area contributed by atoms with Crippen molar-refractivity contribution in [2.45, 2.75) is 17.2 Å². The van der Waals surface area contributed by atoms with Crippen LogP contribution < -0.4 is 10.6 Å². The highest BCUT2D eigenvalue weighted by molar-refractivity contribution is 8.14. The molecule has 0 fully saturated rings. The number of carbonyl (C=O) groups excluding carboxylic acids is 2. The first-order chi connectivity index (χ1) is 19.6. The van der Waals surface area contributed by atoms with Crippen molar-refractivity contribution in [3.8, 4) is 0 Å². The van der Waals surface area contributed by atoms with E-state index in [0.717, 1.165) is 12.1 Å². The number of para-hydroxylation sites is 1. The number of alkyl halides is 6. The highest BCUT2D eigenvalue weighted by Crippen LogP contribution is 2.31. The zero-order chi connectivity index (χ0) is 32.8. The number of fused-ring (bicyclic) bond motifs is 2. The molecule has 2 aromatic carbocycles. The highest BCUT2D eigenvalue weighted by Gasteiger charge is 2.39. The summed E-state index contributed by atoms with van der Waals surface area (Å²) in [5, 5.41) is 4.10. The van der Waals surface area contributed by atoms with E-state index in [0.29, 0.717) is 10.9 Å². The molecule has 0 atom stereocenters. The average Bonchev–Trinajstić information content (AvgIpc) is 2.86. The Morgan fingerprint density at radius 3 is 1.63 bits per heavy atom. The van der Waals surface area contributed by atoms with Crippen LogP contribution in [0.2, 0.25) is 0 Å². The van der Waals surface area contributed by atoms with Gasteiger partial charge in [0.2, 0.25) is 0 Å². The van der Waals surface area contributed by atoms with Crippen molar-refractivity contribution >= 4 is 84.7 Å². The normalized spacial score (nSPS) is 11.9. The summed E-state index contributed by atoms with van der Waals surface area (Å²) in [6, 6.07) is 12.7. The van der Waals surface area contributed by atoms with E-state index in [-0.39, 0.29) is 27.2 Å². The fraction of sp³-hybridized carbons (Fsp3) is 0.0909. The Morgan fingerprint density at radius 1 is 0.698 bits per heavy atom. The van der Waals surface area contributed by atoms with Crippen molar-refractivity contribution in [1.82, 2.24) is 9.97 Å². The van der Waals surface area contributed by atoms with Gasteiger partial charge in [-0.1, -0.05) is 18.2 Å². The lowest BCUT2D eigenvalue weighted by atomic mass is 10.2. The molecule has 4 aromatic rings. The van der Waals surface area contributed by atoms with Crippen LogP contribution in [0.15, 0.2) is 71.9 Å². The minimum Gasteiger partial charge on any atom is -0.316 e. The molecule has 4 rings (SSSR count). The highest BCUT2D eigenvalue weighted by atomic mass is 35.7. The van der Waals surface area contributed by atoms with Crippen molar-refractivity contribution in [2.24, 2.45) is 0 Å². The summed E-state index contributed by atoms with van der Waals surface area (Å²) in [7, 11) is 1.00. The first kappa shape index (κ1) is 35.4. The third-order valence-electron chi connectivity index (χ3n) is 4.64. The van der Waals surface area contributed by atoms with Gasteiger partial charge in [0.05, 0.1) is 27.3 Å². The molecule has 0 radical (unpaired) electrons. The summed E-state index contributed by atoms with van der Waals surface area (Å²) in [6.07, 6.45) is -7.28. The Labute approximate surface area is 246 Å².